The summed E-state index contributed by atoms with van der Waals surface area (Å²) in [5, 5.41) is 5.76. The van der Waals surface area contributed by atoms with Crippen LogP contribution in [-0.4, -0.2) is 9.78 Å². The van der Waals surface area contributed by atoms with Crippen molar-refractivity contribution >= 4 is 23.2 Å². The highest BCUT2D eigenvalue weighted by Crippen LogP contribution is 2.30. The lowest BCUT2D eigenvalue weighted by atomic mass is 9.92. The number of rotatable bonds is 1. The van der Waals surface area contributed by atoms with Crippen LogP contribution in [0.25, 0.3) is 5.69 Å². The average molecular weight is 283 g/mol. The van der Waals surface area contributed by atoms with E-state index in [1.165, 1.54) is 0 Å². The zero-order valence-corrected chi connectivity index (χ0v) is 12.5. The number of nitrogens with zero attached hydrogens (tertiary/aromatic N) is 2. The van der Waals surface area contributed by atoms with Crippen LogP contribution in [0.4, 0.5) is 0 Å². The molecule has 0 N–H and O–H groups in total. The van der Waals surface area contributed by atoms with Gasteiger partial charge < -0.3 is 0 Å². The Morgan fingerprint density at radius 1 is 1.11 bits per heavy atom. The second-order valence-electron chi connectivity index (χ2n) is 5.43. The van der Waals surface area contributed by atoms with E-state index in [9.17, 15) is 0 Å². The smallest absolute Gasteiger partial charge is 0.0836 e. The Morgan fingerprint density at radius 2 is 1.78 bits per heavy atom. The van der Waals surface area contributed by atoms with Crippen LogP contribution in [0.1, 0.15) is 32.2 Å². The number of aromatic nitrogens is 2. The summed E-state index contributed by atoms with van der Waals surface area (Å²) < 4.78 is 1.90. The second-order valence-corrected chi connectivity index (χ2v) is 6.27. The molecular weight excluding hydrogens is 267 g/mol. The average Bonchev–Trinajstić information content (AvgIpc) is 2.59. The van der Waals surface area contributed by atoms with Crippen LogP contribution in [0.15, 0.2) is 24.3 Å². The van der Waals surface area contributed by atoms with Gasteiger partial charge in [-0.05, 0) is 31.2 Å². The van der Waals surface area contributed by atoms with E-state index < -0.39 is 0 Å². The SMILES string of the molecule is Cc1cc(C(C)(C)C)n(-c2ccc(Cl)cc2Cl)n1. The summed E-state index contributed by atoms with van der Waals surface area (Å²) >= 11 is 12.2. The minimum atomic E-state index is 0.00419. The molecule has 18 heavy (non-hydrogen) atoms. The van der Waals surface area contributed by atoms with Gasteiger partial charge in [0.05, 0.1) is 16.4 Å². The van der Waals surface area contributed by atoms with Crippen molar-refractivity contribution in [3.05, 3.63) is 45.7 Å². The lowest BCUT2D eigenvalue weighted by Crippen LogP contribution is -2.17. The summed E-state index contributed by atoms with van der Waals surface area (Å²) in [6.07, 6.45) is 0. The van der Waals surface area contributed by atoms with Gasteiger partial charge in [0.1, 0.15) is 0 Å². The summed E-state index contributed by atoms with van der Waals surface area (Å²) in [5.74, 6) is 0. The zero-order valence-electron chi connectivity index (χ0n) is 11.0. The molecule has 0 aliphatic heterocycles. The summed E-state index contributed by atoms with van der Waals surface area (Å²) in [5.41, 5.74) is 2.97. The molecule has 1 heterocycles. The summed E-state index contributed by atoms with van der Waals surface area (Å²) in [7, 11) is 0. The van der Waals surface area contributed by atoms with Crippen LogP contribution in [0, 0.1) is 6.92 Å². The Balaban J connectivity index is 2.64. The first-order chi connectivity index (χ1) is 8.29. The maximum Gasteiger partial charge on any atom is 0.0836 e. The fourth-order valence-electron chi connectivity index (χ4n) is 1.87. The molecule has 2 rings (SSSR count). The molecular formula is C14H16Cl2N2. The zero-order chi connectivity index (χ0) is 13.5. The predicted octanol–water partition coefficient (Wildman–Crippen LogP) is 4.79. The summed E-state index contributed by atoms with van der Waals surface area (Å²) in [6.45, 7) is 8.45. The van der Waals surface area contributed by atoms with Crippen molar-refractivity contribution in [2.45, 2.75) is 33.1 Å². The van der Waals surface area contributed by atoms with E-state index in [0.29, 0.717) is 10.0 Å². The number of hydrogen-bond acceptors (Lipinski definition) is 1. The molecule has 0 bridgehead atoms. The molecule has 4 heteroatoms. The maximum absolute atomic E-state index is 6.25. The van der Waals surface area contributed by atoms with Crippen LogP contribution in [-0.2, 0) is 5.41 Å². The third-order valence-electron chi connectivity index (χ3n) is 2.74. The maximum atomic E-state index is 6.25. The van der Waals surface area contributed by atoms with E-state index in [2.05, 4.69) is 31.9 Å². The van der Waals surface area contributed by atoms with Crippen molar-refractivity contribution in [3.8, 4) is 5.69 Å². The molecule has 1 aromatic carbocycles. The van der Waals surface area contributed by atoms with Crippen LogP contribution in [0.2, 0.25) is 10.0 Å². The summed E-state index contributed by atoms with van der Waals surface area (Å²) in [6, 6.07) is 7.55. The number of halogens is 2. The van der Waals surface area contributed by atoms with Gasteiger partial charge in [-0.3, -0.25) is 0 Å². The largest absolute Gasteiger partial charge is 0.236 e. The van der Waals surface area contributed by atoms with E-state index in [0.717, 1.165) is 17.1 Å². The monoisotopic (exact) mass is 282 g/mol. The first-order valence-corrected chi connectivity index (χ1v) is 6.57. The molecule has 0 atom stereocenters. The van der Waals surface area contributed by atoms with Crippen molar-refractivity contribution in [2.24, 2.45) is 0 Å². The molecule has 2 aromatic rings. The topological polar surface area (TPSA) is 17.8 Å². The first-order valence-electron chi connectivity index (χ1n) is 5.81. The predicted molar refractivity (Wildman–Crippen MR) is 77.0 cm³/mol. The van der Waals surface area contributed by atoms with Crippen LogP contribution >= 0.6 is 23.2 Å². The van der Waals surface area contributed by atoms with Crippen LogP contribution in [0.3, 0.4) is 0 Å². The first kappa shape index (κ1) is 13.4. The highest BCUT2D eigenvalue weighted by Gasteiger charge is 2.21. The lowest BCUT2D eigenvalue weighted by Gasteiger charge is -2.20. The van der Waals surface area contributed by atoms with E-state index in [-0.39, 0.29) is 5.41 Å². The van der Waals surface area contributed by atoms with Crippen LogP contribution < -0.4 is 0 Å². The molecule has 96 valence electrons. The Hall–Kier alpha value is -0.990. The molecule has 0 unspecified atom stereocenters. The van der Waals surface area contributed by atoms with E-state index in [1.54, 1.807) is 6.07 Å². The van der Waals surface area contributed by atoms with Gasteiger partial charge in [0.15, 0.2) is 0 Å². The van der Waals surface area contributed by atoms with Crippen LogP contribution in [0.5, 0.6) is 0 Å². The minimum absolute atomic E-state index is 0.00419. The molecule has 2 nitrogen and oxygen atoms in total. The molecule has 0 amide bonds. The number of aryl methyl sites for hydroxylation is 1. The Morgan fingerprint density at radius 3 is 2.33 bits per heavy atom. The van der Waals surface area contributed by atoms with Crippen molar-refractivity contribution in [3.63, 3.8) is 0 Å². The third-order valence-corrected chi connectivity index (χ3v) is 3.28. The van der Waals surface area contributed by atoms with Gasteiger partial charge in [-0.25, -0.2) is 4.68 Å². The molecule has 0 saturated heterocycles. The van der Waals surface area contributed by atoms with Gasteiger partial charge in [-0.2, -0.15) is 5.10 Å². The number of hydrogen-bond donors (Lipinski definition) is 0. The van der Waals surface area contributed by atoms with Gasteiger partial charge in [0.2, 0.25) is 0 Å². The molecule has 0 fully saturated rings. The Labute approximate surface area is 118 Å². The number of benzene rings is 1. The highest BCUT2D eigenvalue weighted by molar-refractivity contribution is 6.35. The fourth-order valence-corrected chi connectivity index (χ4v) is 2.36. The van der Waals surface area contributed by atoms with Crippen molar-refractivity contribution in [2.75, 3.05) is 0 Å². The lowest BCUT2D eigenvalue weighted by molar-refractivity contribution is 0.543. The molecule has 0 spiro atoms. The fraction of sp³-hybridized carbons (Fsp3) is 0.357. The van der Waals surface area contributed by atoms with Gasteiger partial charge >= 0.3 is 0 Å². The van der Waals surface area contributed by atoms with Gasteiger partial charge in [-0.1, -0.05) is 44.0 Å². The third kappa shape index (κ3) is 2.55. The molecule has 0 radical (unpaired) electrons. The molecule has 0 aliphatic rings. The quantitative estimate of drug-likeness (QED) is 0.736. The minimum Gasteiger partial charge on any atom is -0.236 e. The molecule has 0 aliphatic carbocycles. The summed E-state index contributed by atoms with van der Waals surface area (Å²) in [4.78, 5) is 0. The van der Waals surface area contributed by atoms with Crippen molar-refractivity contribution in [1.82, 2.24) is 9.78 Å². The normalized spacial score (nSPS) is 11.9. The molecule has 0 saturated carbocycles. The second kappa shape index (κ2) is 4.60. The van der Waals surface area contributed by atoms with E-state index in [4.69, 9.17) is 23.2 Å². The van der Waals surface area contributed by atoms with Crippen molar-refractivity contribution in [1.29, 1.82) is 0 Å². The van der Waals surface area contributed by atoms with Gasteiger partial charge in [0, 0.05) is 16.1 Å². The van der Waals surface area contributed by atoms with E-state index >= 15 is 0 Å². The van der Waals surface area contributed by atoms with Gasteiger partial charge in [-0.15, -0.1) is 0 Å². The standard InChI is InChI=1S/C14H16Cl2N2/c1-9-7-13(14(2,3)4)18(17-9)12-6-5-10(15)8-11(12)16/h5-8H,1-4H3. The van der Waals surface area contributed by atoms with Gasteiger partial charge in [0.25, 0.3) is 0 Å². The highest BCUT2D eigenvalue weighted by atomic mass is 35.5. The Kier molecular flexibility index (Phi) is 3.43. The Bertz CT molecular complexity index is 580. The van der Waals surface area contributed by atoms with E-state index in [1.807, 2.05) is 23.7 Å². The molecule has 1 aromatic heterocycles. The van der Waals surface area contributed by atoms with Crippen molar-refractivity contribution < 1.29 is 0 Å².